The molecule has 3 aliphatic heterocycles. The molecule has 5 aromatic rings. The van der Waals surface area contributed by atoms with Gasteiger partial charge in [-0.05, 0) is 37.1 Å². The van der Waals surface area contributed by atoms with Crippen LogP contribution in [0.15, 0.2) is 69.9 Å². The molecule has 45 heavy (non-hydrogen) atoms. The monoisotopic (exact) mass is 625 g/mol. The van der Waals surface area contributed by atoms with Crippen molar-refractivity contribution in [2.24, 2.45) is 0 Å². The minimum Gasteiger partial charge on any atom is -0.440 e. The molecular weight excluding hydrogens is 586 g/mol. The summed E-state index contributed by atoms with van der Waals surface area (Å²) in [5.74, 6) is 0.680. The van der Waals surface area contributed by atoms with Crippen LogP contribution < -0.4 is 15.2 Å². The highest BCUT2D eigenvalue weighted by Crippen LogP contribution is 2.43. The number of carbonyl (C=O) groups excluding carboxylic acids is 1. The van der Waals surface area contributed by atoms with Crippen LogP contribution >= 0.6 is 11.3 Å². The van der Waals surface area contributed by atoms with E-state index in [0.717, 1.165) is 76.0 Å². The molecule has 5 heterocycles. The topological polar surface area (TPSA) is 75.5 Å². The highest BCUT2D eigenvalue weighted by atomic mass is 32.1. The number of nitrogens with zero attached hydrogens (tertiary/aromatic N) is 3. The van der Waals surface area contributed by atoms with Crippen LogP contribution in [0, 0.1) is 0 Å². The van der Waals surface area contributed by atoms with Gasteiger partial charge < -0.3 is 23.7 Å². The van der Waals surface area contributed by atoms with Crippen molar-refractivity contribution < 1.29 is 18.7 Å². The zero-order valence-corrected chi connectivity index (χ0v) is 26.9. The number of benzene rings is 3. The van der Waals surface area contributed by atoms with Gasteiger partial charge in [0.05, 0.1) is 37.4 Å². The van der Waals surface area contributed by atoms with Gasteiger partial charge in [0.15, 0.2) is 11.3 Å². The second-order valence-corrected chi connectivity index (χ2v) is 12.9. The lowest BCUT2D eigenvalue weighted by molar-refractivity contribution is -0.120. The van der Waals surface area contributed by atoms with E-state index >= 15 is 0 Å². The Balaban J connectivity index is 0.00000160. The first-order valence-electron chi connectivity index (χ1n) is 16.0. The Morgan fingerprint density at radius 3 is 2.38 bits per heavy atom. The fourth-order valence-electron chi connectivity index (χ4n) is 6.74. The van der Waals surface area contributed by atoms with E-state index < -0.39 is 0 Å². The molecule has 0 N–H and O–H groups in total. The second-order valence-electron chi connectivity index (χ2n) is 11.8. The first kappa shape index (κ1) is 29.9. The van der Waals surface area contributed by atoms with Crippen molar-refractivity contribution in [2.75, 3.05) is 62.8 Å². The van der Waals surface area contributed by atoms with Crippen molar-refractivity contribution in [1.82, 2.24) is 4.90 Å². The van der Waals surface area contributed by atoms with Crippen LogP contribution in [0.4, 0.5) is 11.6 Å². The Labute approximate surface area is 266 Å². The van der Waals surface area contributed by atoms with Gasteiger partial charge >= 0.3 is 0 Å². The summed E-state index contributed by atoms with van der Waals surface area (Å²) in [4.78, 5) is 32.5. The van der Waals surface area contributed by atoms with E-state index in [9.17, 15) is 9.59 Å². The van der Waals surface area contributed by atoms with Crippen LogP contribution in [-0.4, -0.2) is 76.0 Å². The number of fused-ring (bicyclic) bond motifs is 6. The summed E-state index contributed by atoms with van der Waals surface area (Å²) >= 11 is 1.72. The summed E-state index contributed by atoms with van der Waals surface area (Å²) in [5, 5.41) is 2.81. The van der Waals surface area contributed by atoms with Crippen molar-refractivity contribution in [3.8, 4) is 11.1 Å². The predicted octanol–water partition coefficient (Wildman–Crippen LogP) is 6.52. The summed E-state index contributed by atoms with van der Waals surface area (Å²) in [6, 6.07) is 20.0. The Hall–Kier alpha value is -3.76. The molecule has 1 amide bonds. The molecule has 0 radical (unpaired) electrons. The number of hydrogen-bond acceptors (Lipinski definition) is 8. The van der Waals surface area contributed by atoms with Gasteiger partial charge in [-0.1, -0.05) is 44.2 Å². The Bertz CT molecular complexity index is 1920. The molecule has 3 fully saturated rings. The highest BCUT2D eigenvalue weighted by Gasteiger charge is 2.35. The maximum Gasteiger partial charge on any atom is 0.240 e. The number of morpholine rings is 2. The lowest BCUT2D eigenvalue weighted by Crippen LogP contribution is -2.43. The van der Waals surface area contributed by atoms with Crippen molar-refractivity contribution in [2.45, 2.75) is 38.9 Å². The largest absolute Gasteiger partial charge is 0.440 e. The van der Waals surface area contributed by atoms with Crippen molar-refractivity contribution in [3.05, 3.63) is 70.9 Å². The number of anilines is 2. The molecule has 0 spiro atoms. The summed E-state index contributed by atoms with van der Waals surface area (Å²) in [5.41, 5.74) is 3.39. The number of hydrogen-bond donors (Lipinski definition) is 0. The molecule has 2 bridgehead atoms. The van der Waals surface area contributed by atoms with Gasteiger partial charge in [-0.3, -0.25) is 14.5 Å². The van der Waals surface area contributed by atoms with Gasteiger partial charge in [0.1, 0.15) is 5.58 Å². The van der Waals surface area contributed by atoms with Crippen molar-refractivity contribution >= 4 is 60.0 Å². The average Bonchev–Trinajstić information content (AvgIpc) is 3.63. The van der Waals surface area contributed by atoms with Crippen LogP contribution in [0.5, 0.6) is 0 Å². The third-order valence-corrected chi connectivity index (χ3v) is 10.3. The van der Waals surface area contributed by atoms with Gasteiger partial charge in [0.25, 0.3) is 0 Å². The first-order chi connectivity index (χ1) is 22.0. The normalized spacial score (nSPS) is 20.0. The lowest BCUT2D eigenvalue weighted by Gasteiger charge is -2.32. The molecular formula is C36H39N3O5S. The van der Waals surface area contributed by atoms with E-state index in [1.54, 1.807) is 22.3 Å². The lowest BCUT2D eigenvalue weighted by atomic mass is 10.0. The number of para-hydroxylation sites is 1. The van der Waals surface area contributed by atoms with Crippen LogP contribution in [0.25, 0.3) is 42.3 Å². The number of rotatable bonds is 5. The third-order valence-electron chi connectivity index (χ3n) is 9.09. The van der Waals surface area contributed by atoms with Gasteiger partial charge in [-0.15, -0.1) is 11.3 Å². The zero-order valence-electron chi connectivity index (χ0n) is 26.1. The number of amides is 1. The Morgan fingerprint density at radius 1 is 0.911 bits per heavy atom. The molecule has 8 rings (SSSR count). The summed E-state index contributed by atoms with van der Waals surface area (Å²) in [6.07, 6.45) is 2.50. The molecule has 2 unspecified atom stereocenters. The molecule has 2 aromatic heterocycles. The fraction of sp³-hybridized carbons (Fsp3) is 0.389. The molecule has 9 heteroatoms. The summed E-state index contributed by atoms with van der Waals surface area (Å²) in [6.45, 7) is 8.76. The third kappa shape index (κ3) is 5.63. The van der Waals surface area contributed by atoms with Gasteiger partial charge in [-0.2, -0.15) is 0 Å². The average molecular weight is 626 g/mol. The van der Waals surface area contributed by atoms with Crippen LogP contribution in [0.1, 0.15) is 26.7 Å². The number of likely N-dealkylation sites (N-methyl/N-ethyl adjacent to an activating group) is 1. The predicted molar refractivity (Wildman–Crippen MR) is 183 cm³/mol. The zero-order chi connectivity index (χ0) is 31.1. The molecule has 3 aliphatic rings. The Kier molecular flexibility index (Phi) is 8.35. The summed E-state index contributed by atoms with van der Waals surface area (Å²) < 4.78 is 20.3. The molecule has 234 valence electrons. The highest BCUT2D eigenvalue weighted by molar-refractivity contribution is 7.26. The molecule has 0 saturated carbocycles. The second kappa shape index (κ2) is 12.6. The molecule has 8 nitrogen and oxygen atoms in total. The minimum absolute atomic E-state index is 0.0325. The van der Waals surface area contributed by atoms with Crippen LogP contribution in [-0.2, 0) is 14.3 Å². The minimum atomic E-state index is -0.0325. The SMILES string of the molecule is CC.CN(C(=O)CN1CCOCC1)c1ccc2sc3c(-c4cccc5c(=O)cc(N6CC7CCC(C6)O7)oc45)cccc3c2c1. The van der Waals surface area contributed by atoms with E-state index in [1.807, 2.05) is 45.2 Å². The van der Waals surface area contributed by atoms with Crippen LogP contribution in [0.3, 0.4) is 0 Å². The van der Waals surface area contributed by atoms with E-state index in [4.69, 9.17) is 13.9 Å². The number of carbonyl (C=O) groups is 1. The molecule has 2 atom stereocenters. The van der Waals surface area contributed by atoms with E-state index in [0.29, 0.717) is 36.6 Å². The van der Waals surface area contributed by atoms with Gasteiger partial charge in [-0.25, -0.2) is 0 Å². The molecule has 3 saturated heterocycles. The molecule has 3 aromatic carbocycles. The standard InChI is InChI=1S/C34H33N3O5S.C2H6/c1-35(31(39)20-36-12-14-40-15-13-36)21-8-11-30-28(16-21)26-6-3-5-25(34(26)43-30)24-4-2-7-27-29(38)17-32(42-33(24)27)37-18-22-9-10-23(19-37)41-22;1-2/h2-8,11,16-17,22-23H,9-10,12-15,18-20H2,1H3;1-2H3. The van der Waals surface area contributed by atoms with Gasteiger partial charge in [0.2, 0.25) is 5.91 Å². The quantitative estimate of drug-likeness (QED) is 0.220. The fourth-order valence-corrected chi connectivity index (χ4v) is 7.95. The van der Waals surface area contributed by atoms with Crippen LogP contribution in [0.2, 0.25) is 0 Å². The Morgan fingerprint density at radius 2 is 1.62 bits per heavy atom. The van der Waals surface area contributed by atoms with E-state index in [2.05, 4.69) is 40.1 Å². The maximum absolute atomic E-state index is 13.3. The maximum atomic E-state index is 13.3. The van der Waals surface area contributed by atoms with E-state index in [-0.39, 0.29) is 23.5 Å². The molecule has 0 aliphatic carbocycles. The van der Waals surface area contributed by atoms with E-state index in [1.165, 1.54) is 0 Å². The summed E-state index contributed by atoms with van der Waals surface area (Å²) in [7, 11) is 1.85. The first-order valence-corrected chi connectivity index (χ1v) is 16.8. The van der Waals surface area contributed by atoms with Gasteiger partial charge in [0, 0.05) is 76.3 Å². The number of ether oxygens (including phenoxy) is 2. The van der Waals surface area contributed by atoms with Crippen molar-refractivity contribution in [1.29, 1.82) is 0 Å². The number of thiophene rings is 1. The smallest absolute Gasteiger partial charge is 0.240 e. The van der Waals surface area contributed by atoms with Crippen molar-refractivity contribution in [3.63, 3.8) is 0 Å².